The number of hydrogen-bond donors (Lipinski definition) is 0. The summed E-state index contributed by atoms with van der Waals surface area (Å²) in [6, 6.07) is 13.2. The summed E-state index contributed by atoms with van der Waals surface area (Å²) in [7, 11) is -2.77. The molecule has 0 N–H and O–H groups in total. The van der Waals surface area contributed by atoms with Gasteiger partial charge in [-0.3, -0.25) is 4.18 Å². The van der Waals surface area contributed by atoms with Crippen LogP contribution in [0.15, 0.2) is 36.4 Å². The molecule has 0 aromatic heterocycles. The Morgan fingerprint density at radius 3 is 1.78 bits per heavy atom. The van der Waals surface area contributed by atoms with Crippen LogP contribution < -0.4 is 9.80 Å². The van der Waals surface area contributed by atoms with Crippen molar-refractivity contribution in [2.45, 2.75) is 91.1 Å². The van der Waals surface area contributed by atoms with Crippen LogP contribution in [0.4, 0.5) is 11.4 Å². The molecule has 2 aromatic carbocycles. The first kappa shape index (κ1) is 28.3. The van der Waals surface area contributed by atoms with Gasteiger partial charge in [-0.2, -0.15) is 8.42 Å². The zero-order valence-corrected chi connectivity index (χ0v) is 25.4. The predicted octanol–water partition coefficient (Wildman–Crippen LogP) is 7.18. The van der Waals surface area contributed by atoms with Crippen molar-refractivity contribution >= 4 is 31.3 Å². The molecule has 2 aliphatic rings. The number of nitrogens with zero attached hydrogens (tertiary/aromatic N) is 2. The number of anilines is 2. The van der Waals surface area contributed by atoms with Crippen LogP contribution >= 0.6 is 10.8 Å². The molecule has 0 amide bonds. The Hall–Kier alpha value is -1.70. The second-order valence-corrected chi connectivity index (χ2v) is 15.9. The number of benzene rings is 2. The highest BCUT2D eigenvalue weighted by Crippen LogP contribution is 2.45. The summed E-state index contributed by atoms with van der Waals surface area (Å²) in [4.78, 5) is 4.71. The fraction of sp³-hybridized carbons (Fsp3) is 0.600. The lowest BCUT2D eigenvalue weighted by Crippen LogP contribution is -2.50. The summed E-state index contributed by atoms with van der Waals surface area (Å²) in [5, 5.41) is 0. The molecule has 0 saturated heterocycles. The standard InChI is InChI=1S/C30H44N2O3S2/c1-21-9-11-25-23(3)19-29(5,6)31(27(25)17-21)13-15-35-37(33,34)36-16-14-32-28-18-22(2)10-12-26(28)24(4)20-30(32,7)8/h9-12,17-18,23-24H,13-16,19-20H2,1-8H3/t23-,24-/m0/s1. The lowest BCUT2D eigenvalue weighted by atomic mass is 9.80. The van der Waals surface area contributed by atoms with Crippen molar-refractivity contribution in [2.75, 3.05) is 35.2 Å². The molecule has 0 saturated carbocycles. The van der Waals surface area contributed by atoms with Crippen LogP contribution in [0.25, 0.3) is 0 Å². The zero-order valence-electron chi connectivity index (χ0n) is 23.8. The molecule has 7 heteroatoms. The molecule has 2 atom stereocenters. The number of rotatable bonds is 8. The van der Waals surface area contributed by atoms with E-state index < -0.39 is 9.15 Å². The summed E-state index contributed by atoms with van der Waals surface area (Å²) in [6.07, 6.45) is 2.07. The third-order valence-electron chi connectivity index (χ3n) is 8.17. The van der Waals surface area contributed by atoms with Gasteiger partial charge in [-0.05, 0) is 111 Å². The van der Waals surface area contributed by atoms with Gasteiger partial charge in [0.25, 0.3) is 0 Å². The van der Waals surface area contributed by atoms with E-state index in [0.717, 1.165) is 23.6 Å². The topological polar surface area (TPSA) is 49.9 Å². The predicted molar refractivity (Wildman–Crippen MR) is 159 cm³/mol. The fourth-order valence-corrected chi connectivity index (χ4v) is 8.59. The van der Waals surface area contributed by atoms with E-state index in [9.17, 15) is 8.42 Å². The maximum Gasteiger partial charge on any atom is 0.322 e. The Balaban J connectivity index is 1.38. The van der Waals surface area contributed by atoms with Crippen LogP contribution in [0, 0.1) is 13.8 Å². The monoisotopic (exact) mass is 544 g/mol. The van der Waals surface area contributed by atoms with Crippen molar-refractivity contribution in [3.63, 3.8) is 0 Å². The van der Waals surface area contributed by atoms with E-state index in [-0.39, 0.29) is 17.7 Å². The molecule has 0 fully saturated rings. The highest BCUT2D eigenvalue weighted by Gasteiger charge is 2.37. The van der Waals surface area contributed by atoms with Crippen LogP contribution in [-0.2, 0) is 13.3 Å². The van der Waals surface area contributed by atoms with Gasteiger partial charge in [0.15, 0.2) is 0 Å². The summed E-state index contributed by atoms with van der Waals surface area (Å²) < 4.78 is 31.2. The molecule has 4 rings (SSSR count). The van der Waals surface area contributed by atoms with E-state index in [1.165, 1.54) is 33.6 Å². The third kappa shape index (κ3) is 6.15. The average molecular weight is 545 g/mol. The molecule has 0 spiro atoms. The molecular formula is C30H44N2O3S2. The van der Waals surface area contributed by atoms with Gasteiger partial charge in [-0.25, -0.2) is 0 Å². The summed E-state index contributed by atoms with van der Waals surface area (Å²) in [5.74, 6) is 1.41. The molecule has 0 aliphatic carbocycles. The minimum Gasteiger partial charge on any atom is -0.365 e. The van der Waals surface area contributed by atoms with Gasteiger partial charge in [0, 0.05) is 41.3 Å². The largest absolute Gasteiger partial charge is 0.365 e. The normalized spacial score (nSPS) is 22.5. The number of hydrogen-bond acceptors (Lipinski definition) is 6. The highest BCUT2D eigenvalue weighted by atomic mass is 33.1. The maximum absolute atomic E-state index is 12.8. The first-order valence-corrected chi connectivity index (χ1v) is 16.4. The number of aryl methyl sites for hydroxylation is 2. The highest BCUT2D eigenvalue weighted by molar-refractivity contribution is 8.70. The Kier molecular flexibility index (Phi) is 8.00. The van der Waals surface area contributed by atoms with Crippen molar-refractivity contribution in [1.82, 2.24) is 0 Å². The molecular weight excluding hydrogens is 500 g/mol. The van der Waals surface area contributed by atoms with Crippen molar-refractivity contribution in [2.24, 2.45) is 0 Å². The minimum absolute atomic E-state index is 0.0338. The van der Waals surface area contributed by atoms with Gasteiger partial charge in [0.1, 0.15) is 0 Å². The van der Waals surface area contributed by atoms with Crippen LogP contribution in [0.2, 0.25) is 0 Å². The van der Waals surface area contributed by atoms with Gasteiger partial charge in [-0.1, -0.05) is 38.1 Å². The molecule has 37 heavy (non-hydrogen) atoms. The second kappa shape index (κ2) is 10.5. The zero-order chi connectivity index (χ0) is 27.2. The lowest BCUT2D eigenvalue weighted by molar-refractivity contribution is 0.303. The molecule has 0 unspecified atom stereocenters. The van der Waals surface area contributed by atoms with Crippen LogP contribution in [0.5, 0.6) is 0 Å². The van der Waals surface area contributed by atoms with Crippen LogP contribution in [0.3, 0.4) is 0 Å². The Morgan fingerprint density at radius 2 is 1.30 bits per heavy atom. The van der Waals surface area contributed by atoms with E-state index in [1.54, 1.807) is 0 Å². The Bertz CT molecular complexity index is 1150. The quantitative estimate of drug-likeness (QED) is 0.328. The third-order valence-corrected chi connectivity index (χ3v) is 10.9. The first-order chi connectivity index (χ1) is 17.2. The van der Waals surface area contributed by atoms with E-state index in [4.69, 9.17) is 4.18 Å². The van der Waals surface area contributed by atoms with Crippen molar-refractivity contribution in [3.8, 4) is 0 Å². The summed E-state index contributed by atoms with van der Waals surface area (Å²) >= 11 is 0. The van der Waals surface area contributed by atoms with Gasteiger partial charge in [0.2, 0.25) is 0 Å². The first-order valence-electron chi connectivity index (χ1n) is 13.5. The molecule has 2 aliphatic heterocycles. The van der Waals surface area contributed by atoms with E-state index in [1.807, 2.05) is 0 Å². The van der Waals surface area contributed by atoms with Crippen molar-refractivity contribution in [3.05, 3.63) is 58.7 Å². The van der Waals surface area contributed by atoms with Crippen LogP contribution in [0.1, 0.15) is 88.5 Å². The summed E-state index contributed by atoms with van der Waals surface area (Å²) in [5.41, 5.74) is 7.45. The van der Waals surface area contributed by atoms with Crippen molar-refractivity contribution < 1.29 is 12.6 Å². The maximum atomic E-state index is 12.8. The fourth-order valence-electron chi connectivity index (χ4n) is 6.54. The van der Waals surface area contributed by atoms with Gasteiger partial charge < -0.3 is 9.80 Å². The molecule has 5 nitrogen and oxygen atoms in total. The second-order valence-electron chi connectivity index (χ2n) is 12.3. The molecule has 204 valence electrons. The molecule has 0 radical (unpaired) electrons. The summed E-state index contributed by atoms with van der Waals surface area (Å²) in [6.45, 7) is 19.1. The van der Waals surface area contributed by atoms with Gasteiger partial charge >= 0.3 is 9.15 Å². The van der Waals surface area contributed by atoms with Gasteiger partial charge in [-0.15, -0.1) is 0 Å². The molecule has 2 aromatic rings. The number of fused-ring (bicyclic) bond motifs is 2. The van der Waals surface area contributed by atoms with Crippen LogP contribution in [-0.4, -0.2) is 44.9 Å². The van der Waals surface area contributed by atoms with E-state index >= 15 is 0 Å². The lowest BCUT2D eigenvalue weighted by Gasteiger charge is -2.47. The van der Waals surface area contributed by atoms with E-state index in [2.05, 4.69) is 102 Å². The van der Waals surface area contributed by atoms with Gasteiger partial charge in [0.05, 0.1) is 6.61 Å². The smallest absolute Gasteiger partial charge is 0.322 e. The van der Waals surface area contributed by atoms with E-state index in [0.29, 0.717) is 30.7 Å². The Labute approximate surface area is 228 Å². The molecule has 0 bridgehead atoms. The van der Waals surface area contributed by atoms with Crippen molar-refractivity contribution in [1.29, 1.82) is 0 Å². The SMILES string of the molecule is Cc1ccc2c(c1)N(CCOS(=O)(=O)SCCN1c3cc(C)ccc3[C@@H](C)CC1(C)C)C(C)(C)C[C@@H]2C. The Morgan fingerprint density at radius 1 is 0.838 bits per heavy atom. The molecule has 2 heterocycles. The average Bonchev–Trinajstić information content (AvgIpc) is 2.77. The minimum atomic E-state index is -3.69.